The van der Waals surface area contributed by atoms with Crippen LogP contribution < -0.4 is 10.7 Å². The number of methoxy groups -OCH3 is 1. The first-order valence-corrected chi connectivity index (χ1v) is 7.22. The van der Waals surface area contributed by atoms with Crippen LogP contribution in [0.25, 0.3) is 0 Å². The zero-order valence-corrected chi connectivity index (χ0v) is 12.7. The molecule has 4 nitrogen and oxygen atoms in total. The Bertz CT molecular complexity index is 403. The number of nitrogens with one attached hydrogen (secondary N) is 2. The van der Waals surface area contributed by atoms with Gasteiger partial charge in [-0.3, -0.25) is 5.43 Å². The predicted molar refractivity (Wildman–Crippen MR) is 82.2 cm³/mol. The molecule has 2 atom stereocenters. The summed E-state index contributed by atoms with van der Waals surface area (Å²) in [5.41, 5.74) is 4.63. The highest BCUT2D eigenvalue weighted by Crippen LogP contribution is 2.58. The van der Waals surface area contributed by atoms with Gasteiger partial charge in [0.15, 0.2) is 5.11 Å². The summed E-state index contributed by atoms with van der Waals surface area (Å²) in [5.74, 6) is 1.52. The number of ether oxygens (including phenoxy) is 1. The van der Waals surface area contributed by atoms with Gasteiger partial charge in [-0.2, -0.15) is 5.10 Å². The van der Waals surface area contributed by atoms with Crippen molar-refractivity contribution in [3.05, 3.63) is 11.6 Å². The molecule has 2 bridgehead atoms. The average molecular weight is 281 g/mol. The number of hydrazone groups is 1. The van der Waals surface area contributed by atoms with Crippen LogP contribution in [0.1, 0.15) is 26.7 Å². The van der Waals surface area contributed by atoms with E-state index in [4.69, 9.17) is 17.0 Å². The van der Waals surface area contributed by atoms with Crippen LogP contribution in [0.2, 0.25) is 0 Å². The standard InChI is InChI=1S/C14H23N3OS/c1-14(2)11-5-4-10(12(14)8-11)9-16-17-13(19)15-6-7-18-3/h4,9,11-12H,5-8H2,1-3H3,(H2,15,17,19)/t11-,12+/m0/s1. The molecule has 0 unspecified atom stereocenters. The summed E-state index contributed by atoms with van der Waals surface area (Å²) in [4.78, 5) is 0. The molecule has 0 aromatic heterocycles. The Kier molecular flexibility index (Phi) is 4.58. The Balaban J connectivity index is 1.77. The predicted octanol–water partition coefficient (Wildman–Crippen LogP) is 2.08. The lowest BCUT2D eigenvalue weighted by molar-refractivity contribution is -0.00126. The van der Waals surface area contributed by atoms with E-state index >= 15 is 0 Å². The largest absolute Gasteiger partial charge is 0.383 e. The lowest BCUT2D eigenvalue weighted by Gasteiger charge is -2.55. The molecule has 1 saturated carbocycles. The molecule has 0 spiro atoms. The number of hydrogen-bond donors (Lipinski definition) is 2. The van der Waals surface area contributed by atoms with E-state index in [9.17, 15) is 0 Å². The third kappa shape index (κ3) is 3.15. The van der Waals surface area contributed by atoms with Crippen LogP contribution in [0.3, 0.4) is 0 Å². The van der Waals surface area contributed by atoms with Crippen molar-refractivity contribution in [1.82, 2.24) is 10.7 Å². The molecule has 3 aliphatic carbocycles. The number of fused-ring (bicyclic) bond motifs is 1. The smallest absolute Gasteiger partial charge is 0.187 e. The third-order valence-electron chi connectivity index (χ3n) is 4.48. The van der Waals surface area contributed by atoms with Gasteiger partial charge in [-0.15, -0.1) is 0 Å². The summed E-state index contributed by atoms with van der Waals surface area (Å²) in [5, 5.41) is 7.78. The molecule has 3 rings (SSSR count). The normalized spacial score (nSPS) is 27.6. The molecular formula is C14H23N3OS. The summed E-state index contributed by atoms with van der Waals surface area (Å²) in [7, 11) is 1.67. The highest BCUT2D eigenvalue weighted by atomic mass is 32.1. The molecule has 0 saturated heterocycles. The number of nitrogens with zero attached hydrogens (tertiary/aromatic N) is 1. The number of allylic oxidation sites excluding steroid dienone is 2. The minimum Gasteiger partial charge on any atom is -0.383 e. The lowest BCUT2D eigenvalue weighted by Crippen LogP contribution is -2.48. The fraction of sp³-hybridized carbons (Fsp3) is 0.714. The Labute approximate surface area is 120 Å². The van der Waals surface area contributed by atoms with Crippen LogP contribution in [-0.2, 0) is 4.74 Å². The molecule has 0 radical (unpaired) electrons. The van der Waals surface area contributed by atoms with Gasteiger partial charge in [0.05, 0.1) is 12.8 Å². The van der Waals surface area contributed by atoms with Crippen LogP contribution in [0, 0.1) is 17.3 Å². The van der Waals surface area contributed by atoms with Crippen molar-refractivity contribution in [2.24, 2.45) is 22.4 Å². The molecule has 3 aliphatic rings. The fourth-order valence-corrected chi connectivity index (χ4v) is 3.17. The zero-order chi connectivity index (χ0) is 13.9. The Morgan fingerprint density at radius 1 is 1.63 bits per heavy atom. The summed E-state index contributed by atoms with van der Waals surface area (Å²) in [6, 6.07) is 0. The Morgan fingerprint density at radius 2 is 2.42 bits per heavy atom. The average Bonchev–Trinajstić information content (AvgIpc) is 2.39. The van der Waals surface area contributed by atoms with Crippen molar-refractivity contribution in [2.45, 2.75) is 26.7 Å². The van der Waals surface area contributed by atoms with E-state index in [2.05, 4.69) is 35.8 Å². The van der Waals surface area contributed by atoms with Crippen molar-refractivity contribution in [3.8, 4) is 0 Å². The van der Waals surface area contributed by atoms with Crippen molar-refractivity contribution >= 4 is 23.5 Å². The molecule has 106 valence electrons. The minimum atomic E-state index is 0.438. The van der Waals surface area contributed by atoms with Crippen molar-refractivity contribution in [3.63, 3.8) is 0 Å². The molecule has 0 amide bonds. The van der Waals surface area contributed by atoms with Gasteiger partial charge in [0.25, 0.3) is 0 Å². The maximum atomic E-state index is 5.11. The minimum absolute atomic E-state index is 0.438. The van der Waals surface area contributed by atoms with Gasteiger partial charge in [0.2, 0.25) is 0 Å². The van der Waals surface area contributed by atoms with E-state index in [1.807, 2.05) is 6.21 Å². The molecule has 5 heteroatoms. The van der Waals surface area contributed by atoms with Crippen molar-refractivity contribution < 1.29 is 4.74 Å². The van der Waals surface area contributed by atoms with Gasteiger partial charge < -0.3 is 10.1 Å². The summed E-state index contributed by atoms with van der Waals surface area (Å²) < 4.78 is 4.94. The first-order chi connectivity index (χ1) is 9.05. The quantitative estimate of drug-likeness (QED) is 0.350. The second-order valence-electron chi connectivity index (χ2n) is 5.87. The van der Waals surface area contributed by atoms with E-state index in [1.165, 1.54) is 18.4 Å². The van der Waals surface area contributed by atoms with Gasteiger partial charge in [0.1, 0.15) is 0 Å². The zero-order valence-electron chi connectivity index (χ0n) is 11.9. The van der Waals surface area contributed by atoms with E-state index < -0.39 is 0 Å². The first-order valence-electron chi connectivity index (χ1n) is 6.81. The number of hydrogen-bond acceptors (Lipinski definition) is 3. The molecule has 0 aromatic rings. The highest BCUT2D eigenvalue weighted by Gasteiger charge is 2.50. The van der Waals surface area contributed by atoms with Gasteiger partial charge in [-0.1, -0.05) is 19.9 Å². The molecule has 0 heterocycles. The molecule has 1 fully saturated rings. The highest BCUT2D eigenvalue weighted by molar-refractivity contribution is 7.80. The Morgan fingerprint density at radius 3 is 3.05 bits per heavy atom. The van der Waals surface area contributed by atoms with Gasteiger partial charge >= 0.3 is 0 Å². The summed E-state index contributed by atoms with van der Waals surface area (Å²) >= 11 is 5.11. The number of rotatable bonds is 5. The molecule has 19 heavy (non-hydrogen) atoms. The maximum Gasteiger partial charge on any atom is 0.187 e. The number of thiocarbonyl (C=S) groups is 1. The van der Waals surface area contributed by atoms with E-state index in [0.717, 1.165) is 5.92 Å². The van der Waals surface area contributed by atoms with Crippen LogP contribution in [-0.4, -0.2) is 31.6 Å². The second kappa shape index (κ2) is 6.01. The SMILES string of the molecule is COCCNC(=S)NN=CC1=CC[C@H]2C[C@H]1C2(C)C. The fourth-order valence-electron chi connectivity index (χ4n) is 3.02. The van der Waals surface area contributed by atoms with E-state index in [0.29, 0.717) is 29.6 Å². The van der Waals surface area contributed by atoms with Crippen LogP contribution in [0.4, 0.5) is 0 Å². The van der Waals surface area contributed by atoms with E-state index in [1.54, 1.807) is 7.11 Å². The third-order valence-corrected chi connectivity index (χ3v) is 4.72. The van der Waals surface area contributed by atoms with Gasteiger partial charge in [0, 0.05) is 13.7 Å². The van der Waals surface area contributed by atoms with Gasteiger partial charge in [-0.05, 0) is 47.9 Å². The Hall–Kier alpha value is -0.940. The molecular weight excluding hydrogens is 258 g/mol. The van der Waals surface area contributed by atoms with Crippen LogP contribution in [0.5, 0.6) is 0 Å². The second-order valence-corrected chi connectivity index (χ2v) is 6.27. The van der Waals surface area contributed by atoms with E-state index in [-0.39, 0.29) is 0 Å². The lowest BCUT2D eigenvalue weighted by atomic mass is 9.49. The monoisotopic (exact) mass is 281 g/mol. The van der Waals surface area contributed by atoms with Gasteiger partial charge in [-0.25, -0.2) is 0 Å². The summed E-state index contributed by atoms with van der Waals surface area (Å²) in [6.07, 6.45) is 6.73. The van der Waals surface area contributed by atoms with Crippen LogP contribution >= 0.6 is 12.2 Å². The summed E-state index contributed by atoms with van der Waals surface area (Å²) in [6.45, 7) is 6.04. The first kappa shape index (κ1) is 14.5. The van der Waals surface area contributed by atoms with Crippen molar-refractivity contribution in [1.29, 1.82) is 0 Å². The molecule has 0 aromatic carbocycles. The molecule has 0 aliphatic heterocycles. The van der Waals surface area contributed by atoms with Crippen molar-refractivity contribution in [2.75, 3.05) is 20.3 Å². The molecule has 2 N–H and O–H groups in total. The topological polar surface area (TPSA) is 45.6 Å². The maximum absolute atomic E-state index is 5.11. The van der Waals surface area contributed by atoms with Crippen LogP contribution in [0.15, 0.2) is 16.8 Å².